The van der Waals surface area contributed by atoms with Gasteiger partial charge in [-0.15, -0.1) is 0 Å². The van der Waals surface area contributed by atoms with Crippen molar-refractivity contribution in [3.8, 4) is 5.75 Å². The zero-order chi connectivity index (χ0) is 22.8. The molecule has 0 spiro atoms. The van der Waals surface area contributed by atoms with Gasteiger partial charge in [0.05, 0.1) is 35.5 Å². The number of benzene rings is 1. The van der Waals surface area contributed by atoms with Crippen LogP contribution in [0.2, 0.25) is 0 Å². The van der Waals surface area contributed by atoms with Gasteiger partial charge in [-0.05, 0) is 24.3 Å². The van der Waals surface area contributed by atoms with Gasteiger partial charge in [0, 0.05) is 5.69 Å². The van der Waals surface area contributed by atoms with Crippen LogP contribution in [-0.2, 0) is 38.1 Å². The van der Waals surface area contributed by atoms with Crippen LogP contribution in [0.1, 0.15) is 0 Å². The molecule has 30 heavy (non-hydrogen) atoms. The number of hydrogen-bond donors (Lipinski definition) is 2. The van der Waals surface area contributed by atoms with E-state index < -0.39 is 46.5 Å². The summed E-state index contributed by atoms with van der Waals surface area (Å²) >= 11 is 0. The lowest BCUT2D eigenvalue weighted by Gasteiger charge is -2.16. The van der Waals surface area contributed by atoms with Crippen LogP contribution in [0.15, 0.2) is 46.9 Å². The summed E-state index contributed by atoms with van der Waals surface area (Å²) in [6.07, 6.45) is 0. The van der Waals surface area contributed by atoms with E-state index in [0.29, 0.717) is 5.75 Å². The molecule has 0 fully saturated rings. The molecule has 162 valence electrons. The molecule has 0 saturated carbocycles. The maximum Gasteiger partial charge on any atom is 0.374 e. The Bertz CT molecular complexity index is 883. The molecule has 0 radical (unpaired) electrons. The molecule has 1 rings (SSSR count). The molecular weight excluding hydrogens is 402 g/mol. The maximum absolute atomic E-state index is 12.5. The Morgan fingerprint density at radius 1 is 0.700 bits per heavy atom. The fraction of sp³-hybridized carbons (Fsp3) is 0.263. The van der Waals surface area contributed by atoms with E-state index in [1.165, 1.54) is 19.2 Å². The number of carbonyl (C=O) groups excluding carboxylic acids is 4. The Morgan fingerprint density at radius 3 is 1.60 bits per heavy atom. The Labute approximate surface area is 171 Å². The van der Waals surface area contributed by atoms with Gasteiger partial charge in [-0.2, -0.15) is 0 Å². The standard InChI is InChI=1S/C19H21NO10/c1-26-11-8-6-10(7-9-11)20-14(18(24)29-4)12(16(22)27-2)13(17(23)28-3)15(21)19(25)30-5/h6-9,20-21H,1-5H3/b14-12-,15-13-. The third-order valence-electron chi connectivity index (χ3n) is 3.64. The Morgan fingerprint density at radius 2 is 1.17 bits per heavy atom. The van der Waals surface area contributed by atoms with Gasteiger partial charge in [-0.25, -0.2) is 19.2 Å². The van der Waals surface area contributed by atoms with Crippen LogP contribution in [0, 0.1) is 0 Å². The number of aliphatic hydroxyl groups excluding tert-OH is 1. The molecule has 2 N–H and O–H groups in total. The number of anilines is 1. The Kier molecular flexibility index (Phi) is 8.88. The van der Waals surface area contributed by atoms with Crippen molar-refractivity contribution in [3.05, 3.63) is 46.9 Å². The van der Waals surface area contributed by atoms with Gasteiger partial charge in [0.2, 0.25) is 5.76 Å². The van der Waals surface area contributed by atoms with Crippen molar-refractivity contribution in [1.29, 1.82) is 0 Å². The normalized spacial score (nSPS) is 11.9. The van der Waals surface area contributed by atoms with Gasteiger partial charge in [0.1, 0.15) is 22.6 Å². The second-order valence-electron chi connectivity index (χ2n) is 5.29. The van der Waals surface area contributed by atoms with E-state index in [0.717, 1.165) is 28.4 Å². The van der Waals surface area contributed by atoms with Crippen LogP contribution in [0.3, 0.4) is 0 Å². The number of rotatable bonds is 8. The second kappa shape index (κ2) is 11.1. The lowest BCUT2D eigenvalue weighted by Crippen LogP contribution is -2.26. The molecule has 1 aromatic rings. The monoisotopic (exact) mass is 423 g/mol. The minimum absolute atomic E-state index is 0.277. The third-order valence-corrected chi connectivity index (χ3v) is 3.64. The van der Waals surface area contributed by atoms with Gasteiger partial charge >= 0.3 is 23.9 Å². The lowest BCUT2D eigenvalue weighted by atomic mass is 10.0. The molecule has 0 saturated heterocycles. The molecular formula is C19H21NO10. The minimum Gasteiger partial charge on any atom is -0.501 e. The maximum atomic E-state index is 12.5. The van der Waals surface area contributed by atoms with Crippen molar-refractivity contribution in [2.75, 3.05) is 40.9 Å². The third kappa shape index (κ3) is 5.50. The summed E-state index contributed by atoms with van der Waals surface area (Å²) in [4.78, 5) is 49.0. The molecule has 0 aliphatic heterocycles. The number of esters is 4. The van der Waals surface area contributed by atoms with Crippen molar-refractivity contribution >= 4 is 29.6 Å². The zero-order valence-electron chi connectivity index (χ0n) is 16.9. The molecule has 0 aromatic heterocycles. The van der Waals surface area contributed by atoms with E-state index in [1.807, 2.05) is 0 Å². The van der Waals surface area contributed by atoms with E-state index in [-0.39, 0.29) is 5.69 Å². The van der Waals surface area contributed by atoms with Gasteiger partial charge in [-0.1, -0.05) is 0 Å². The highest BCUT2D eigenvalue weighted by Crippen LogP contribution is 2.25. The number of aliphatic hydroxyl groups is 1. The summed E-state index contributed by atoms with van der Waals surface area (Å²) in [6, 6.07) is 6.10. The molecule has 0 unspecified atom stereocenters. The SMILES string of the molecule is COC(=O)/C(O)=C(C(=O)OC)\C(C(=O)OC)=C(\Nc1ccc(OC)cc1)C(=O)OC. The quantitative estimate of drug-likeness (QED) is 0.202. The van der Waals surface area contributed by atoms with Crippen LogP contribution in [0.5, 0.6) is 5.75 Å². The summed E-state index contributed by atoms with van der Waals surface area (Å²) in [6.45, 7) is 0. The number of hydrogen-bond acceptors (Lipinski definition) is 11. The molecule has 1 aromatic carbocycles. The zero-order valence-corrected chi connectivity index (χ0v) is 16.9. The summed E-state index contributed by atoms with van der Waals surface area (Å²) in [5.74, 6) is -5.78. The number of nitrogens with one attached hydrogen (secondary N) is 1. The number of methoxy groups -OCH3 is 5. The molecule has 11 nitrogen and oxygen atoms in total. The average molecular weight is 423 g/mol. The molecule has 0 aliphatic rings. The van der Waals surface area contributed by atoms with Crippen molar-refractivity contribution in [1.82, 2.24) is 0 Å². The fourth-order valence-corrected chi connectivity index (χ4v) is 2.19. The Hall–Kier alpha value is -4.02. The lowest BCUT2D eigenvalue weighted by molar-refractivity contribution is -0.142. The van der Waals surface area contributed by atoms with E-state index in [1.54, 1.807) is 12.1 Å². The molecule has 11 heteroatoms. The minimum atomic E-state index is -1.36. The van der Waals surface area contributed by atoms with Crippen molar-refractivity contribution in [3.63, 3.8) is 0 Å². The van der Waals surface area contributed by atoms with Crippen molar-refractivity contribution in [2.45, 2.75) is 0 Å². The number of ether oxygens (including phenoxy) is 5. The fourth-order valence-electron chi connectivity index (χ4n) is 2.19. The molecule has 0 heterocycles. The first-order chi connectivity index (χ1) is 14.2. The van der Waals surface area contributed by atoms with Crippen LogP contribution < -0.4 is 10.1 Å². The molecule has 0 bridgehead atoms. The average Bonchev–Trinajstić information content (AvgIpc) is 2.79. The first kappa shape index (κ1) is 24.0. The summed E-state index contributed by atoms with van der Waals surface area (Å²) in [7, 11) is 5.33. The largest absolute Gasteiger partial charge is 0.501 e. The van der Waals surface area contributed by atoms with Crippen LogP contribution >= 0.6 is 0 Å². The van der Waals surface area contributed by atoms with Crippen molar-refractivity contribution in [2.24, 2.45) is 0 Å². The first-order valence-electron chi connectivity index (χ1n) is 8.17. The Balaban J connectivity index is 3.86. The van der Waals surface area contributed by atoms with E-state index >= 15 is 0 Å². The van der Waals surface area contributed by atoms with E-state index in [2.05, 4.69) is 24.3 Å². The second-order valence-corrected chi connectivity index (χ2v) is 5.29. The van der Waals surface area contributed by atoms with Crippen molar-refractivity contribution < 1.29 is 48.0 Å². The van der Waals surface area contributed by atoms with Gasteiger partial charge in [0.25, 0.3) is 0 Å². The molecule has 0 amide bonds. The van der Waals surface area contributed by atoms with E-state index in [9.17, 15) is 24.3 Å². The highest BCUT2D eigenvalue weighted by atomic mass is 16.5. The highest BCUT2D eigenvalue weighted by molar-refractivity contribution is 6.15. The van der Waals surface area contributed by atoms with Gasteiger partial charge < -0.3 is 34.1 Å². The topological polar surface area (TPSA) is 147 Å². The van der Waals surface area contributed by atoms with Gasteiger partial charge in [-0.3, -0.25) is 0 Å². The highest BCUT2D eigenvalue weighted by Gasteiger charge is 2.35. The predicted molar refractivity (Wildman–Crippen MR) is 101 cm³/mol. The first-order valence-corrected chi connectivity index (χ1v) is 8.17. The summed E-state index contributed by atoms with van der Waals surface area (Å²) in [5, 5.41) is 12.8. The number of carbonyl (C=O) groups is 4. The van der Waals surface area contributed by atoms with Crippen LogP contribution in [0.25, 0.3) is 0 Å². The van der Waals surface area contributed by atoms with Gasteiger partial charge in [0.15, 0.2) is 0 Å². The smallest absolute Gasteiger partial charge is 0.374 e. The van der Waals surface area contributed by atoms with Crippen LogP contribution in [0.4, 0.5) is 5.69 Å². The van der Waals surface area contributed by atoms with Crippen LogP contribution in [-0.4, -0.2) is 64.5 Å². The predicted octanol–water partition coefficient (Wildman–Crippen LogP) is 0.865. The summed E-state index contributed by atoms with van der Waals surface area (Å²) < 4.78 is 23.3. The molecule has 0 aliphatic carbocycles. The van der Waals surface area contributed by atoms with E-state index in [4.69, 9.17) is 4.74 Å². The molecule has 0 atom stereocenters. The summed E-state index contributed by atoms with van der Waals surface area (Å²) in [5.41, 5.74) is -2.10.